The van der Waals surface area contributed by atoms with Gasteiger partial charge in [-0.1, -0.05) is 44.6 Å². The number of rotatable bonds is 6. The second-order valence-electron chi connectivity index (χ2n) is 9.60. The van der Waals surface area contributed by atoms with Crippen molar-refractivity contribution in [2.45, 2.75) is 95.6 Å². The molecule has 4 heteroatoms. The van der Waals surface area contributed by atoms with Gasteiger partial charge in [-0.05, 0) is 51.4 Å². The van der Waals surface area contributed by atoms with E-state index >= 15 is 0 Å². The van der Waals surface area contributed by atoms with E-state index < -0.39 is 24.5 Å². The summed E-state index contributed by atoms with van der Waals surface area (Å²) in [5.74, 6) is 3.70. The Morgan fingerprint density at radius 1 is 0.957 bits per heavy atom. The van der Waals surface area contributed by atoms with Crippen LogP contribution < -0.4 is 0 Å². The maximum absolute atomic E-state index is 6.61. The summed E-state index contributed by atoms with van der Waals surface area (Å²) in [5.41, 5.74) is 5.86. The molecule has 0 aromatic heterocycles. The first-order valence-corrected chi connectivity index (χ1v) is 19.2. The summed E-state index contributed by atoms with van der Waals surface area (Å²) >= 11 is 0. The van der Waals surface area contributed by atoms with Crippen LogP contribution in [0.15, 0.2) is 12.3 Å². The minimum atomic E-state index is -1.56. The van der Waals surface area contributed by atoms with Gasteiger partial charge in [0.1, 0.15) is 13.7 Å². The van der Waals surface area contributed by atoms with E-state index in [4.69, 9.17) is 4.43 Å². The monoisotopic (exact) mass is 366 g/mol. The summed E-state index contributed by atoms with van der Waals surface area (Å²) in [4.78, 5) is 0. The maximum atomic E-state index is 6.61. The first-order chi connectivity index (χ1) is 10.4. The molecule has 1 aliphatic carbocycles. The van der Waals surface area contributed by atoms with Crippen LogP contribution in [0.5, 0.6) is 0 Å². The maximum Gasteiger partial charge on any atom is 0.185 e. The Bertz CT molecular complexity index is 457. The molecule has 1 saturated carbocycles. The molecule has 0 N–H and O–H groups in total. The fourth-order valence-electron chi connectivity index (χ4n) is 3.04. The van der Waals surface area contributed by atoms with Crippen LogP contribution in [0.25, 0.3) is 0 Å². The van der Waals surface area contributed by atoms with Crippen LogP contribution in [0, 0.1) is 11.5 Å². The van der Waals surface area contributed by atoms with Crippen LogP contribution in [0.4, 0.5) is 0 Å². The molecule has 0 heterocycles. The summed E-state index contributed by atoms with van der Waals surface area (Å²) in [5, 5.41) is 0. The quantitative estimate of drug-likeness (QED) is 0.400. The van der Waals surface area contributed by atoms with E-state index in [1.165, 1.54) is 31.4 Å². The lowest BCUT2D eigenvalue weighted by molar-refractivity contribution is 0.0796. The Labute approximate surface area is 148 Å². The molecule has 0 bridgehead atoms. The SMILES string of the molecule is C=C[Si](C)(C)CC[Si](C)(C)C#CC1(O[Si](C)(C)C)CCCCC1. The van der Waals surface area contributed by atoms with Crippen molar-refractivity contribution in [2.75, 3.05) is 0 Å². The highest BCUT2D eigenvalue weighted by atomic mass is 28.4. The van der Waals surface area contributed by atoms with Crippen LogP contribution >= 0.6 is 0 Å². The highest BCUT2D eigenvalue weighted by Gasteiger charge is 2.36. The van der Waals surface area contributed by atoms with Crippen molar-refractivity contribution in [3.63, 3.8) is 0 Å². The molecule has 0 aromatic carbocycles. The van der Waals surface area contributed by atoms with Crippen molar-refractivity contribution < 1.29 is 4.43 Å². The topological polar surface area (TPSA) is 9.23 Å². The fraction of sp³-hybridized carbons (Fsp3) is 0.789. The van der Waals surface area contributed by atoms with Crippen LogP contribution in [0.3, 0.4) is 0 Å². The molecule has 0 amide bonds. The van der Waals surface area contributed by atoms with Gasteiger partial charge in [0.05, 0.1) is 8.07 Å². The lowest BCUT2D eigenvalue weighted by Gasteiger charge is -2.38. The summed E-state index contributed by atoms with van der Waals surface area (Å²) in [7, 11) is -4.24. The van der Waals surface area contributed by atoms with E-state index in [1.54, 1.807) is 0 Å². The van der Waals surface area contributed by atoms with Gasteiger partial charge in [-0.3, -0.25) is 0 Å². The summed E-state index contributed by atoms with van der Waals surface area (Å²) < 4.78 is 6.61. The Morgan fingerprint density at radius 2 is 1.52 bits per heavy atom. The third-order valence-electron chi connectivity index (χ3n) is 4.74. The molecule has 0 unspecified atom stereocenters. The molecular formula is C19H38OSi3. The molecule has 0 aliphatic heterocycles. The van der Waals surface area contributed by atoms with Crippen LogP contribution in [-0.4, -0.2) is 30.1 Å². The Hall–Kier alpha value is -0.0894. The average molecular weight is 367 g/mol. The standard InChI is InChI=1S/C19H38OSi3/c1-9-22(5,6)17-18-23(7,8)16-15-19(20-21(2,3)4)13-11-10-12-14-19/h9H,1,10-14,17-18H2,2-8H3. The van der Waals surface area contributed by atoms with E-state index in [1.807, 2.05) is 0 Å². The van der Waals surface area contributed by atoms with Crippen molar-refractivity contribution in [3.8, 4) is 11.5 Å². The molecule has 1 rings (SSSR count). The molecule has 0 radical (unpaired) electrons. The average Bonchev–Trinajstić information content (AvgIpc) is 2.43. The number of hydrogen-bond acceptors (Lipinski definition) is 1. The fourth-order valence-corrected chi connectivity index (χ4v) is 10.4. The third kappa shape index (κ3) is 8.02. The minimum Gasteiger partial charge on any atom is -0.402 e. The zero-order valence-electron chi connectivity index (χ0n) is 16.6. The van der Waals surface area contributed by atoms with Gasteiger partial charge in [-0.2, -0.15) is 0 Å². The van der Waals surface area contributed by atoms with Crippen molar-refractivity contribution in [1.82, 2.24) is 0 Å². The Balaban J connectivity index is 2.86. The minimum absolute atomic E-state index is 0.127. The zero-order valence-corrected chi connectivity index (χ0v) is 19.6. The number of hydrogen-bond donors (Lipinski definition) is 0. The van der Waals surface area contributed by atoms with Crippen LogP contribution in [-0.2, 0) is 4.43 Å². The van der Waals surface area contributed by atoms with E-state index in [-0.39, 0.29) is 5.60 Å². The predicted octanol–water partition coefficient (Wildman–Crippen LogP) is 6.23. The second kappa shape index (κ2) is 7.86. The molecule has 1 aliphatic rings. The molecular weight excluding hydrogens is 328 g/mol. The molecule has 0 saturated heterocycles. The molecule has 0 spiro atoms. The van der Waals surface area contributed by atoms with Crippen molar-refractivity contribution in [3.05, 3.63) is 12.3 Å². The lowest BCUT2D eigenvalue weighted by Crippen LogP contribution is -2.43. The van der Waals surface area contributed by atoms with Crippen molar-refractivity contribution >= 4 is 24.5 Å². The summed E-state index contributed by atoms with van der Waals surface area (Å²) in [6, 6.07) is 2.63. The summed E-state index contributed by atoms with van der Waals surface area (Å²) in [6.45, 7) is 20.6. The first kappa shape index (κ1) is 21.0. The van der Waals surface area contributed by atoms with Crippen molar-refractivity contribution in [1.29, 1.82) is 0 Å². The Kier molecular flexibility index (Phi) is 7.16. The molecule has 1 nitrogen and oxygen atoms in total. The van der Waals surface area contributed by atoms with Gasteiger partial charge in [0.25, 0.3) is 0 Å². The predicted molar refractivity (Wildman–Crippen MR) is 113 cm³/mol. The van der Waals surface area contributed by atoms with E-state index in [9.17, 15) is 0 Å². The van der Waals surface area contributed by atoms with E-state index in [2.05, 4.69) is 69.6 Å². The molecule has 0 aromatic rings. The molecule has 23 heavy (non-hydrogen) atoms. The largest absolute Gasteiger partial charge is 0.402 e. The van der Waals surface area contributed by atoms with Crippen molar-refractivity contribution in [2.24, 2.45) is 0 Å². The van der Waals surface area contributed by atoms with Gasteiger partial charge in [0.2, 0.25) is 0 Å². The molecule has 0 atom stereocenters. The highest BCUT2D eigenvalue weighted by molar-refractivity contribution is 6.88. The van der Waals surface area contributed by atoms with Crippen LogP contribution in [0.2, 0.25) is 57.9 Å². The van der Waals surface area contributed by atoms with E-state index in [0.717, 1.165) is 12.8 Å². The smallest absolute Gasteiger partial charge is 0.185 e. The Morgan fingerprint density at radius 3 is 2.00 bits per heavy atom. The van der Waals surface area contributed by atoms with Gasteiger partial charge >= 0.3 is 0 Å². The molecule has 1 fully saturated rings. The zero-order chi connectivity index (χ0) is 17.8. The normalized spacial score (nSPS) is 18.9. The van der Waals surface area contributed by atoms with Gasteiger partial charge in [0, 0.05) is 0 Å². The van der Waals surface area contributed by atoms with Gasteiger partial charge in [0.15, 0.2) is 8.32 Å². The van der Waals surface area contributed by atoms with Crippen LogP contribution in [0.1, 0.15) is 32.1 Å². The summed E-state index contributed by atoms with van der Waals surface area (Å²) in [6.07, 6.45) is 6.18. The second-order valence-corrected chi connectivity index (χ2v) is 23.4. The van der Waals surface area contributed by atoms with Gasteiger partial charge in [-0.15, -0.1) is 17.8 Å². The van der Waals surface area contributed by atoms with Gasteiger partial charge < -0.3 is 4.43 Å². The van der Waals surface area contributed by atoms with Gasteiger partial charge in [-0.25, -0.2) is 0 Å². The lowest BCUT2D eigenvalue weighted by atomic mass is 9.86. The highest BCUT2D eigenvalue weighted by Crippen LogP contribution is 2.34. The third-order valence-corrected chi connectivity index (χ3v) is 11.2. The first-order valence-electron chi connectivity index (χ1n) is 9.27. The van der Waals surface area contributed by atoms with E-state index in [0.29, 0.717) is 0 Å². The molecule has 132 valence electrons.